The monoisotopic (exact) mass is 362 g/mol. The molecular weight excluding hydrogens is 338 g/mol. The maximum atomic E-state index is 6.52. The van der Waals surface area contributed by atoms with E-state index in [1.807, 2.05) is 0 Å². The summed E-state index contributed by atoms with van der Waals surface area (Å²) in [5.41, 5.74) is 0.284. The van der Waals surface area contributed by atoms with Crippen molar-refractivity contribution in [1.82, 2.24) is 0 Å². The van der Waals surface area contributed by atoms with E-state index in [1.165, 1.54) is 6.42 Å². The maximum absolute atomic E-state index is 6.52. The number of unbranched alkanes of at least 4 members (excludes halogenated alkanes) is 1. The van der Waals surface area contributed by atoms with Crippen LogP contribution in [0.4, 0.5) is 0 Å². The second kappa shape index (κ2) is 5.44. The van der Waals surface area contributed by atoms with Crippen LogP contribution in [-0.4, -0.2) is 29.4 Å². The highest BCUT2D eigenvalue weighted by molar-refractivity contribution is 9.09. The van der Waals surface area contributed by atoms with Gasteiger partial charge < -0.3 is 9.31 Å². The second-order valence-electron chi connectivity index (χ2n) is 7.54. The summed E-state index contributed by atoms with van der Waals surface area (Å²) >= 11 is 9.98. The van der Waals surface area contributed by atoms with Crippen LogP contribution in [0.1, 0.15) is 52.9 Å². The minimum Gasteiger partial charge on any atom is -0.404 e. The Morgan fingerprint density at radius 3 is 2.70 bits per heavy atom. The van der Waals surface area contributed by atoms with Crippen molar-refractivity contribution in [3.05, 3.63) is 0 Å². The van der Waals surface area contributed by atoms with Crippen molar-refractivity contribution >= 4 is 34.6 Å². The summed E-state index contributed by atoms with van der Waals surface area (Å²) in [5.74, 6) is 1.42. The Labute approximate surface area is 136 Å². The molecule has 1 aliphatic heterocycles. The van der Waals surface area contributed by atoms with Gasteiger partial charge in [-0.15, -0.1) is 11.6 Å². The molecule has 5 atom stereocenters. The average Bonchev–Trinajstić information content (AvgIpc) is 2.75. The molecule has 4 rings (SSSR count). The fraction of sp³-hybridized carbons (Fsp3) is 1.00. The second-order valence-corrected chi connectivity index (χ2v) is 8.89. The quantitative estimate of drug-likeness (QED) is 0.409. The van der Waals surface area contributed by atoms with E-state index in [9.17, 15) is 0 Å². The van der Waals surface area contributed by atoms with Crippen molar-refractivity contribution in [2.24, 2.45) is 17.3 Å². The SMILES string of the molecule is CC1(C)[C@@H]2C[C@H]3OB([C@@H](Cl)CCCCBr)O[C@@]3(C)[C@H]1C2. The van der Waals surface area contributed by atoms with Crippen molar-refractivity contribution in [1.29, 1.82) is 0 Å². The van der Waals surface area contributed by atoms with Crippen LogP contribution in [0.2, 0.25) is 0 Å². The van der Waals surface area contributed by atoms with E-state index in [2.05, 4.69) is 36.7 Å². The van der Waals surface area contributed by atoms with Gasteiger partial charge in [0, 0.05) is 5.33 Å². The van der Waals surface area contributed by atoms with Crippen LogP contribution >= 0.6 is 27.5 Å². The minimum atomic E-state index is -0.211. The molecule has 114 valence electrons. The molecule has 2 nitrogen and oxygen atoms in total. The van der Waals surface area contributed by atoms with Crippen molar-refractivity contribution in [3.8, 4) is 0 Å². The summed E-state index contributed by atoms with van der Waals surface area (Å²) < 4.78 is 12.6. The summed E-state index contributed by atoms with van der Waals surface area (Å²) in [5, 5.41) is 1.03. The first-order valence-corrected chi connectivity index (χ1v) is 9.48. The van der Waals surface area contributed by atoms with Crippen LogP contribution in [0.5, 0.6) is 0 Å². The molecule has 20 heavy (non-hydrogen) atoms. The first-order valence-electron chi connectivity index (χ1n) is 7.93. The molecule has 0 amide bonds. The van der Waals surface area contributed by atoms with Gasteiger partial charge in [-0.1, -0.05) is 36.2 Å². The molecule has 3 saturated carbocycles. The van der Waals surface area contributed by atoms with Gasteiger partial charge in [-0.25, -0.2) is 0 Å². The highest BCUT2D eigenvalue weighted by Gasteiger charge is 2.68. The average molecular weight is 364 g/mol. The van der Waals surface area contributed by atoms with E-state index in [0.717, 1.165) is 36.9 Å². The third kappa shape index (κ3) is 2.30. The fourth-order valence-electron chi connectivity index (χ4n) is 4.62. The predicted molar refractivity (Wildman–Crippen MR) is 87.4 cm³/mol. The Kier molecular flexibility index (Phi) is 4.25. The van der Waals surface area contributed by atoms with Gasteiger partial charge in [0.25, 0.3) is 0 Å². The third-order valence-electron chi connectivity index (χ3n) is 6.13. The van der Waals surface area contributed by atoms with Crippen molar-refractivity contribution in [2.45, 2.75) is 69.9 Å². The normalized spacial score (nSPS) is 43.0. The van der Waals surface area contributed by atoms with Gasteiger partial charge in [-0.3, -0.25) is 0 Å². The summed E-state index contributed by atoms with van der Waals surface area (Å²) in [6.45, 7) is 7.03. The zero-order valence-corrected chi connectivity index (χ0v) is 15.0. The van der Waals surface area contributed by atoms with Crippen LogP contribution in [-0.2, 0) is 9.31 Å². The number of rotatable bonds is 5. The topological polar surface area (TPSA) is 18.5 Å². The Bertz CT molecular complexity index is 381. The van der Waals surface area contributed by atoms with Gasteiger partial charge in [0.05, 0.1) is 17.0 Å². The molecule has 0 unspecified atom stereocenters. The number of alkyl halides is 2. The molecular formula is C15H25BBrClO2. The van der Waals surface area contributed by atoms with Crippen LogP contribution in [0.25, 0.3) is 0 Å². The molecule has 0 aromatic carbocycles. The lowest BCUT2D eigenvalue weighted by atomic mass is 9.43. The van der Waals surface area contributed by atoms with E-state index >= 15 is 0 Å². The Balaban J connectivity index is 1.64. The molecule has 0 N–H and O–H groups in total. The van der Waals surface area contributed by atoms with Crippen molar-refractivity contribution in [3.63, 3.8) is 0 Å². The van der Waals surface area contributed by atoms with E-state index < -0.39 is 0 Å². The third-order valence-corrected chi connectivity index (χ3v) is 7.11. The van der Waals surface area contributed by atoms with Crippen LogP contribution in [0, 0.1) is 17.3 Å². The van der Waals surface area contributed by atoms with Gasteiger partial charge in [-0.2, -0.15) is 0 Å². The molecule has 0 radical (unpaired) electrons. The van der Waals surface area contributed by atoms with Crippen molar-refractivity contribution < 1.29 is 9.31 Å². The van der Waals surface area contributed by atoms with Gasteiger partial charge >= 0.3 is 7.12 Å². The van der Waals surface area contributed by atoms with Crippen molar-refractivity contribution in [2.75, 3.05) is 5.33 Å². The standard InChI is InChI=1S/C15H25BBrClO2/c1-14(2)10-8-11(14)15(3)12(9-10)19-16(20-15)13(18)6-4-5-7-17/h10-13H,4-9H2,1-3H3/t10-,11-,12+,13-,15-/m0/s1. The molecule has 1 heterocycles. The Morgan fingerprint density at radius 2 is 2.05 bits per heavy atom. The summed E-state index contributed by atoms with van der Waals surface area (Å²) in [6, 6.07) is 0. The van der Waals surface area contributed by atoms with E-state index in [1.54, 1.807) is 0 Å². The predicted octanol–water partition coefficient (Wildman–Crippen LogP) is 4.43. The van der Waals surface area contributed by atoms with Crippen LogP contribution in [0.3, 0.4) is 0 Å². The lowest BCUT2D eigenvalue weighted by Crippen LogP contribution is -2.65. The Hall–Kier alpha value is 0.755. The molecule has 4 fully saturated rings. The largest absolute Gasteiger partial charge is 0.476 e. The molecule has 5 heteroatoms. The minimum absolute atomic E-state index is 0.0169. The molecule has 0 aromatic rings. The van der Waals surface area contributed by atoms with Gasteiger partial charge in [-0.05, 0) is 49.9 Å². The molecule has 3 aliphatic carbocycles. The zero-order valence-electron chi connectivity index (χ0n) is 12.7. The first kappa shape index (κ1) is 15.6. The maximum Gasteiger partial charge on any atom is 0.476 e. The highest BCUT2D eigenvalue weighted by Crippen LogP contribution is 2.65. The zero-order chi connectivity index (χ0) is 14.5. The molecule has 2 bridgehead atoms. The smallest absolute Gasteiger partial charge is 0.404 e. The summed E-state index contributed by atoms with van der Waals surface area (Å²) in [7, 11) is -0.211. The molecule has 4 aliphatic rings. The van der Waals surface area contributed by atoms with Gasteiger partial charge in [0.15, 0.2) is 0 Å². The summed E-state index contributed by atoms with van der Waals surface area (Å²) in [6.07, 6.45) is 5.95. The Morgan fingerprint density at radius 1 is 1.30 bits per heavy atom. The van der Waals surface area contributed by atoms with E-state index in [-0.39, 0.29) is 24.1 Å². The molecule has 0 spiro atoms. The van der Waals surface area contributed by atoms with Gasteiger partial charge in [0.1, 0.15) is 0 Å². The van der Waals surface area contributed by atoms with Crippen LogP contribution in [0.15, 0.2) is 0 Å². The summed E-state index contributed by atoms with van der Waals surface area (Å²) in [4.78, 5) is 0. The van der Waals surface area contributed by atoms with Crippen LogP contribution < -0.4 is 0 Å². The molecule has 0 aromatic heterocycles. The lowest BCUT2D eigenvalue weighted by molar-refractivity contribution is -0.199. The van der Waals surface area contributed by atoms with Gasteiger partial charge in [0.2, 0.25) is 0 Å². The highest BCUT2D eigenvalue weighted by atomic mass is 79.9. The number of hydrogen-bond acceptors (Lipinski definition) is 2. The van der Waals surface area contributed by atoms with E-state index in [0.29, 0.717) is 11.3 Å². The first-order chi connectivity index (χ1) is 9.39. The number of hydrogen-bond donors (Lipinski definition) is 0. The molecule has 1 saturated heterocycles. The van der Waals surface area contributed by atoms with E-state index in [4.69, 9.17) is 20.9 Å². The lowest BCUT2D eigenvalue weighted by Gasteiger charge is -2.64. The number of halogens is 2. The fourth-order valence-corrected chi connectivity index (χ4v) is 5.28.